The predicted octanol–water partition coefficient (Wildman–Crippen LogP) is 8.29. The summed E-state index contributed by atoms with van der Waals surface area (Å²) in [6.45, 7) is 3.22. The molecule has 1 fully saturated rings. The molecule has 43 heavy (non-hydrogen) atoms. The van der Waals surface area contributed by atoms with Gasteiger partial charge in [-0.3, -0.25) is 9.59 Å². The predicted molar refractivity (Wildman–Crippen MR) is 178 cm³/mol. The normalized spacial score (nSPS) is 15.2. The Kier molecular flexibility index (Phi) is 7.21. The molecular weight excluding hydrogens is 576 g/mol. The van der Waals surface area contributed by atoms with Crippen LogP contribution in [0.4, 0.5) is 11.4 Å². The number of carbonyl (C=O) groups is 1. The molecule has 8 heteroatoms. The van der Waals surface area contributed by atoms with E-state index in [9.17, 15) is 9.59 Å². The first kappa shape index (κ1) is 27.4. The molecule has 1 amide bonds. The van der Waals surface area contributed by atoms with E-state index in [1.807, 2.05) is 66.7 Å². The van der Waals surface area contributed by atoms with Crippen LogP contribution in [0.1, 0.15) is 18.4 Å². The first-order valence-electron chi connectivity index (χ1n) is 14.4. The highest BCUT2D eigenvalue weighted by atomic mass is 35.5. The molecule has 2 aromatic heterocycles. The first-order chi connectivity index (χ1) is 20.9. The van der Waals surface area contributed by atoms with E-state index >= 15 is 0 Å². The van der Waals surface area contributed by atoms with E-state index in [-0.39, 0.29) is 17.4 Å². The monoisotopic (exact) mass is 604 g/mol. The number of amides is 1. The van der Waals surface area contributed by atoms with Crippen LogP contribution in [0, 0.1) is 12.8 Å². The van der Waals surface area contributed by atoms with Gasteiger partial charge in [-0.15, -0.1) is 11.3 Å². The number of piperidine rings is 1. The molecule has 6 aromatic rings. The topological polar surface area (TPSA) is 78.1 Å². The average molecular weight is 605 g/mol. The molecule has 0 spiro atoms. The number of rotatable bonds is 5. The Balaban J connectivity index is 1.14. The van der Waals surface area contributed by atoms with Gasteiger partial charge in [-0.05, 0) is 85.5 Å². The second-order valence-corrected chi connectivity index (χ2v) is 12.5. The number of aryl methyl sites for hydroxylation is 1. The molecule has 1 saturated heterocycles. The van der Waals surface area contributed by atoms with E-state index in [0.717, 1.165) is 61.3 Å². The highest BCUT2D eigenvalue weighted by Crippen LogP contribution is 2.37. The van der Waals surface area contributed by atoms with Crippen LogP contribution in [0.5, 0.6) is 0 Å². The lowest BCUT2D eigenvalue weighted by molar-refractivity contribution is -0.120. The molecule has 0 bridgehead atoms. The lowest BCUT2D eigenvalue weighted by Crippen LogP contribution is -2.43. The zero-order valence-electron chi connectivity index (χ0n) is 23.6. The van der Waals surface area contributed by atoms with Crippen LogP contribution in [0.3, 0.4) is 0 Å². The molecule has 0 radical (unpaired) electrons. The number of aromatic nitrogens is 2. The van der Waals surface area contributed by atoms with E-state index in [0.29, 0.717) is 23.8 Å². The summed E-state index contributed by atoms with van der Waals surface area (Å²) in [5.41, 5.74) is 6.88. The van der Waals surface area contributed by atoms with Gasteiger partial charge in [0, 0.05) is 45.8 Å². The number of pyridine rings is 1. The number of fused-ring (bicyclic) bond motifs is 2. The second-order valence-electron chi connectivity index (χ2n) is 11.1. The number of hydrogen-bond acceptors (Lipinski definition) is 5. The van der Waals surface area contributed by atoms with Crippen molar-refractivity contribution < 1.29 is 4.79 Å². The molecule has 4 aromatic carbocycles. The van der Waals surface area contributed by atoms with Crippen LogP contribution in [0.2, 0.25) is 5.02 Å². The molecule has 0 unspecified atom stereocenters. The van der Waals surface area contributed by atoms with Gasteiger partial charge < -0.3 is 15.2 Å². The Morgan fingerprint density at radius 3 is 2.63 bits per heavy atom. The standard InChI is InChI=1S/C35H29ClN4O2S/c1-21-9-15-29-30(18-21)43-35(39-29)23-10-13-26(14-11-23)37-33(41)24-8-5-17-40(20-24)32-31(22-6-3-2-4-7-22)27-19-25(36)12-16-28(27)38-34(32)42/h2-4,6-7,9-16,18-19,24H,5,8,17,20H2,1H3,(H,37,41)(H,38,42)/t24-/m0/s1. The molecule has 1 aliphatic heterocycles. The SMILES string of the molecule is Cc1ccc2nc(-c3ccc(NC(=O)[C@H]4CCCN(c5c(-c6ccccc6)c6cc(Cl)ccc6[nH]c5=O)C4)cc3)sc2c1. The fourth-order valence-electron chi connectivity index (χ4n) is 5.94. The maximum absolute atomic E-state index is 13.6. The number of benzene rings is 4. The summed E-state index contributed by atoms with van der Waals surface area (Å²) < 4.78 is 1.16. The van der Waals surface area contributed by atoms with Crippen molar-refractivity contribution in [2.24, 2.45) is 5.92 Å². The van der Waals surface area contributed by atoms with Gasteiger partial charge in [0.25, 0.3) is 5.56 Å². The van der Waals surface area contributed by atoms with Crippen molar-refractivity contribution in [1.82, 2.24) is 9.97 Å². The molecule has 0 saturated carbocycles. The Morgan fingerprint density at radius 2 is 1.81 bits per heavy atom. The summed E-state index contributed by atoms with van der Waals surface area (Å²) in [5.74, 6) is -0.312. The Hall–Kier alpha value is -4.46. The number of hydrogen-bond donors (Lipinski definition) is 2. The zero-order valence-corrected chi connectivity index (χ0v) is 25.1. The van der Waals surface area contributed by atoms with Gasteiger partial charge in [0.15, 0.2) is 0 Å². The van der Waals surface area contributed by atoms with Crippen molar-refractivity contribution in [2.45, 2.75) is 19.8 Å². The minimum Gasteiger partial charge on any atom is -0.366 e. The highest BCUT2D eigenvalue weighted by Gasteiger charge is 2.29. The second kappa shape index (κ2) is 11.3. The fourth-order valence-corrected chi connectivity index (χ4v) is 7.19. The van der Waals surface area contributed by atoms with E-state index in [1.165, 1.54) is 5.56 Å². The third kappa shape index (κ3) is 5.42. The Labute approximate surface area is 258 Å². The van der Waals surface area contributed by atoms with Crippen LogP contribution in [-0.2, 0) is 4.79 Å². The number of H-pyrrole nitrogens is 1. The van der Waals surface area contributed by atoms with Crippen LogP contribution in [-0.4, -0.2) is 29.0 Å². The van der Waals surface area contributed by atoms with Crippen LogP contribution in [0.25, 0.3) is 42.8 Å². The van der Waals surface area contributed by atoms with Crippen LogP contribution < -0.4 is 15.8 Å². The number of nitrogens with zero attached hydrogens (tertiary/aromatic N) is 2. The lowest BCUT2D eigenvalue weighted by atomic mass is 9.93. The van der Waals surface area contributed by atoms with Gasteiger partial charge in [0.05, 0.1) is 16.1 Å². The molecule has 6 nitrogen and oxygen atoms in total. The molecule has 1 atom stereocenters. The van der Waals surface area contributed by atoms with Crippen LogP contribution in [0.15, 0.2) is 95.8 Å². The minimum atomic E-state index is -0.265. The van der Waals surface area contributed by atoms with Gasteiger partial charge in [-0.25, -0.2) is 4.98 Å². The van der Waals surface area contributed by atoms with Crippen molar-refractivity contribution >= 4 is 61.3 Å². The number of halogens is 1. The summed E-state index contributed by atoms with van der Waals surface area (Å²) >= 11 is 8.07. The van der Waals surface area contributed by atoms with Crippen molar-refractivity contribution in [3.05, 3.63) is 112 Å². The zero-order chi connectivity index (χ0) is 29.5. The first-order valence-corrected chi connectivity index (χ1v) is 15.6. The van der Waals surface area contributed by atoms with Crippen LogP contribution >= 0.6 is 22.9 Å². The van der Waals surface area contributed by atoms with Gasteiger partial charge in [0.2, 0.25) is 5.91 Å². The van der Waals surface area contributed by atoms with E-state index in [4.69, 9.17) is 16.6 Å². The summed E-state index contributed by atoms with van der Waals surface area (Å²) in [7, 11) is 0. The molecule has 214 valence electrons. The van der Waals surface area contributed by atoms with Gasteiger partial charge in [0.1, 0.15) is 10.7 Å². The lowest BCUT2D eigenvalue weighted by Gasteiger charge is -2.34. The Morgan fingerprint density at radius 1 is 1.00 bits per heavy atom. The maximum atomic E-state index is 13.6. The molecular formula is C35H29ClN4O2S. The Bertz CT molecular complexity index is 2040. The quantitative estimate of drug-likeness (QED) is 0.207. The number of carbonyl (C=O) groups excluding carboxylic acids is 1. The highest BCUT2D eigenvalue weighted by molar-refractivity contribution is 7.21. The van der Waals surface area contributed by atoms with E-state index in [2.05, 4.69) is 40.3 Å². The van der Waals surface area contributed by atoms with Gasteiger partial charge >= 0.3 is 0 Å². The summed E-state index contributed by atoms with van der Waals surface area (Å²) in [6, 6.07) is 29.5. The summed E-state index contributed by atoms with van der Waals surface area (Å²) in [4.78, 5) is 36.9. The number of thiazole rings is 1. The molecule has 0 aliphatic carbocycles. The van der Waals surface area contributed by atoms with E-state index in [1.54, 1.807) is 17.4 Å². The van der Waals surface area contributed by atoms with Crippen molar-refractivity contribution in [3.63, 3.8) is 0 Å². The van der Waals surface area contributed by atoms with Crippen molar-refractivity contribution in [1.29, 1.82) is 0 Å². The fraction of sp³-hybridized carbons (Fsp3) is 0.171. The van der Waals surface area contributed by atoms with Gasteiger partial charge in [-0.1, -0.05) is 48.0 Å². The third-order valence-corrected chi connectivity index (χ3v) is 9.37. The number of aromatic amines is 1. The molecule has 2 N–H and O–H groups in total. The largest absolute Gasteiger partial charge is 0.366 e. The number of nitrogens with one attached hydrogen (secondary N) is 2. The van der Waals surface area contributed by atoms with Crippen molar-refractivity contribution in [3.8, 4) is 21.7 Å². The molecule has 3 heterocycles. The number of anilines is 2. The van der Waals surface area contributed by atoms with Gasteiger partial charge in [-0.2, -0.15) is 0 Å². The molecule has 7 rings (SSSR count). The van der Waals surface area contributed by atoms with Crippen molar-refractivity contribution in [2.75, 3.05) is 23.3 Å². The minimum absolute atomic E-state index is 0.0468. The summed E-state index contributed by atoms with van der Waals surface area (Å²) in [6.07, 6.45) is 1.55. The average Bonchev–Trinajstić information content (AvgIpc) is 3.45. The summed E-state index contributed by atoms with van der Waals surface area (Å²) in [5, 5.41) is 5.54. The maximum Gasteiger partial charge on any atom is 0.272 e. The smallest absolute Gasteiger partial charge is 0.272 e. The van der Waals surface area contributed by atoms with E-state index < -0.39 is 0 Å². The third-order valence-electron chi connectivity index (χ3n) is 8.07. The molecule has 1 aliphatic rings.